The Labute approximate surface area is 64.4 Å². The minimum absolute atomic E-state index is 0.00694. The zero-order valence-corrected chi connectivity index (χ0v) is 6.79. The first-order valence-corrected chi connectivity index (χ1v) is 3.68. The number of carbonyl (C=O) groups excluding carboxylic acids is 1. The number of ketones is 1. The van der Waals surface area contributed by atoms with E-state index in [9.17, 15) is 4.79 Å². The average molecular weight is 140 g/mol. The molecule has 1 rings (SSSR count). The van der Waals surface area contributed by atoms with Crippen molar-refractivity contribution in [1.82, 2.24) is 4.81 Å². The number of carbonyl (C=O) groups is 1. The van der Waals surface area contributed by atoms with Gasteiger partial charge in [-0.25, -0.2) is 0 Å². The molecule has 3 heteroatoms. The van der Waals surface area contributed by atoms with Crippen molar-refractivity contribution in [3.05, 3.63) is 0 Å². The van der Waals surface area contributed by atoms with Crippen LogP contribution in [0.3, 0.4) is 0 Å². The molecule has 2 nitrogen and oxygen atoms in total. The van der Waals surface area contributed by atoms with Crippen molar-refractivity contribution in [3.63, 3.8) is 0 Å². The van der Waals surface area contributed by atoms with Crippen LogP contribution in [-0.4, -0.2) is 31.1 Å². The third kappa shape index (κ3) is 1.40. The van der Waals surface area contributed by atoms with Crippen molar-refractivity contribution in [1.29, 1.82) is 0 Å². The minimum Gasteiger partial charge on any atom is -0.340 e. The molecule has 10 heavy (non-hydrogen) atoms. The fraction of sp³-hybridized carbons (Fsp3) is 0.857. The standard InChI is InChI=1S/C7H14BNO/c1-5-3-7(6(2)10)9(8)4-5/h5,7H,3-4,8H2,1-2H3/i4D. The smallest absolute Gasteiger partial charge is 0.186 e. The highest BCUT2D eigenvalue weighted by atomic mass is 16.1. The number of hydrogen-bond donors (Lipinski definition) is 0. The molecule has 0 aromatic carbocycles. The maximum atomic E-state index is 11.0. The highest BCUT2D eigenvalue weighted by Crippen LogP contribution is 2.20. The van der Waals surface area contributed by atoms with Crippen molar-refractivity contribution in [3.8, 4) is 0 Å². The lowest BCUT2D eigenvalue weighted by Gasteiger charge is -2.15. The molecule has 0 aromatic heterocycles. The predicted molar refractivity (Wildman–Crippen MR) is 43.5 cm³/mol. The minimum atomic E-state index is -0.191. The lowest BCUT2D eigenvalue weighted by Crippen LogP contribution is -2.32. The molecule has 0 N–H and O–H groups in total. The molecule has 3 atom stereocenters. The van der Waals surface area contributed by atoms with Gasteiger partial charge in [0, 0.05) is 1.37 Å². The average Bonchev–Trinajstić information content (AvgIpc) is 2.17. The summed E-state index contributed by atoms with van der Waals surface area (Å²) in [4.78, 5) is 12.9. The Kier molecular flexibility index (Phi) is 1.76. The summed E-state index contributed by atoms with van der Waals surface area (Å²) in [5.74, 6) is 0.517. The Hall–Kier alpha value is -0.305. The van der Waals surface area contributed by atoms with Crippen LogP contribution < -0.4 is 0 Å². The van der Waals surface area contributed by atoms with Crippen LogP contribution in [-0.2, 0) is 4.79 Å². The number of nitrogens with zero attached hydrogens (tertiary/aromatic N) is 1. The Bertz CT molecular complexity index is 176. The maximum Gasteiger partial charge on any atom is 0.186 e. The fourth-order valence-corrected chi connectivity index (χ4v) is 1.54. The second kappa shape index (κ2) is 2.75. The van der Waals surface area contributed by atoms with Gasteiger partial charge >= 0.3 is 0 Å². The first-order valence-electron chi connectivity index (χ1n) is 4.26. The molecule has 0 radical (unpaired) electrons. The molecule has 0 saturated carbocycles. The van der Waals surface area contributed by atoms with Gasteiger partial charge in [0.25, 0.3) is 0 Å². The number of rotatable bonds is 1. The lowest BCUT2D eigenvalue weighted by molar-refractivity contribution is -0.119. The van der Waals surface area contributed by atoms with Gasteiger partial charge in [0.2, 0.25) is 0 Å². The number of hydrogen-bond acceptors (Lipinski definition) is 2. The second-order valence-corrected chi connectivity index (χ2v) is 3.15. The summed E-state index contributed by atoms with van der Waals surface area (Å²) in [6.45, 7) is 3.44. The topological polar surface area (TPSA) is 20.3 Å². The van der Waals surface area contributed by atoms with E-state index in [1.807, 2.05) is 19.7 Å². The van der Waals surface area contributed by atoms with Gasteiger partial charge in [-0.05, 0) is 25.8 Å². The molecular formula is C7H14BNO. The molecule has 1 aliphatic heterocycles. The van der Waals surface area contributed by atoms with Crippen LogP contribution in [0.1, 0.15) is 21.6 Å². The van der Waals surface area contributed by atoms with E-state index in [0.29, 0.717) is 5.92 Å². The maximum absolute atomic E-state index is 11.0. The van der Waals surface area contributed by atoms with Crippen molar-refractivity contribution >= 4 is 13.8 Å². The summed E-state index contributed by atoms with van der Waals surface area (Å²) in [6, 6.07) is -0.00694. The zero-order chi connectivity index (χ0) is 8.59. The fourth-order valence-electron chi connectivity index (χ4n) is 1.54. The van der Waals surface area contributed by atoms with Crippen LogP contribution in [0.15, 0.2) is 0 Å². The molecule has 3 unspecified atom stereocenters. The molecule has 0 aliphatic carbocycles. The van der Waals surface area contributed by atoms with Crippen molar-refractivity contribution in [2.45, 2.75) is 26.3 Å². The molecule has 0 spiro atoms. The van der Waals surface area contributed by atoms with Crippen molar-refractivity contribution in [2.24, 2.45) is 5.92 Å². The molecule has 0 amide bonds. The molecule has 1 saturated heterocycles. The molecule has 0 aromatic rings. The van der Waals surface area contributed by atoms with Crippen molar-refractivity contribution < 1.29 is 6.17 Å². The Morgan fingerprint density at radius 1 is 1.90 bits per heavy atom. The van der Waals surface area contributed by atoms with Gasteiger partial charge in [-0.15, -0.1) is 0 Å². The normalized spacial score (nSPS) is 43.4. The quantitative estimate of drug-likeness (QED) is 0.471. The van der Waals surface area contributed by atoms with Crippen LogP contribution in [0, 0.1) is 5.92 Å². The van der Waals surface area contributed by atoms with E-state index in [1.165, 1.54) is 0 Å². The molecule has 56 valence electrons. The van der Waals surface area contributed by atoms with Crippen LogP contribution in [0.25, 0.3) is 0 Å². The van der Waals surface area contributed by atoms with Gasteiger partial charge in [-0.3, -0.25) is 4.79 Å². The monoisotopic (exact) mass is 140 g/mol. The SMILES string of the molecule is [2H]C1C(C)CC(C(C)=O)N1B. The van der Waals surface area contributed by atoms with Gasteiger partial charge in [0.15, 0.2) is 7.98 Å². The van der Waals surface area contributed by atoms with Crippen molar-refractivity contribution in [2.75, 3.05) is 6.52 Å². The number of Topliss-reactive ketones (excluding diaryl/α,β-unsaturated/α-hetero) is 1. The van der Waals surface area contributed by atoms with Crippen LogP contribution in [0.4, 0.5) is 0 Å². The molecule has 1 fully saturated rings. The Balaban J connectivity index is 2.67. The van der Waals surface area contributed by atoms with E-state index in [4.69, 9.17) is 1.37 Å². The second-order valence-electron chi connectivity index (χ2n) is 3.15. The third-order valence-corrected chi connectivity index (χ3v) is 2.05. The summed E-state index contributed by atoms with van der Waals surface area (Å²) < 4.78 is 7.64. The largest absolute Gasteiger partial charge is 0.340 e. The Morgan fingerprint density at radius 2 is 2.50 bits per heavy atom. The summed E-state index contributed by atoms with van der Waals surface area (Å²) in [7, 11) is 1.85. The predicted octanol–water partition coefficient (Wildman–Crippen LogP) is -0.166. The first kappa shape index (κ1) is 6.41. The van der Waals surface area contributed by atoms with Gasteiger partial charge in [-0.1, -0.05) is 6.92 Å². The van der Waals surface area contributed by atoms with Gasteiger partial charge in [0.05, 0.1) is 6.04 Å². The lowest BCUT2D eigenvalue weighted by atomic mass is 10.1. The Morgan fingerprint density at radius 3 is 2.70 bits per heavy atom. The summed E-state index contributed by atoms with van der Waals surface area (Å²) in [5.41, 5.74) is 0. The van der Waals surface area contributed by atoms with E-state index in [2.05, 4.69) is 0 Å². The highest BCUT2D eigenvalue weighted by Gasteiger charge is 2.28. The summed E-state index contributed by atoms with van der Waals surface area (Å²) >= 11 is 0. The van der Waals surface area contributed by atoms with E-state index in [0.717, 1.165) is 6.42 Å². The summed E-state index contributed by atoms with van der Waals surface area (Å²) in [6.07, 6.45) is 0.847. The summed E-state index contributed by atoms with van der Waals surface area (Å²) in [5, 5.41) is 0. The molecule has 1 aliphatic rings. The molecule has 1 heterocycles. The highest BCUT2D eigenvalue weighted by molar-refractivity contribution is 6.07. The van der Waals surface area contributed by atoms with Gasteiger partial charge in [0.1, 0.15) is 5.78 Å². The van der Waals surface area contributed by atoms with Gasteiger partial charge < -0.3 is 4.81 Å². The van der Waals surface area contributed by atoms with E-state index < -0.39 is 0 Å². The van der Waals surface area contributed by atoms with E-state index >= 15 is 0 Å². The van der Waals surface area contributed by atoms with Crippen LogP contribution >= 0.6 is 0 Å². The van der Waals surface area contributed by atoms with E-state index in [-0.39, 0.29) is 18.3 Å². The van der Waals surface area contributed by atoms with Gasteiger partial charge in [-0.2, -0.15) is 0 Å². The zero-order valence-electron chi connectivity index (χ0n) is 7.79. The first-order chi connectivity index (χ1) is 5.04. The van der Waals surface area contributed by atoms with E-state index in [1.54, 1.807) is 6.92 Å². The molecular weight excluding hydrogens is 125 g/mol. The van der Waals surface area contributed by atoms with Crippen LogP contribution in [0.5, 0.6) is 0 Å². The van der Waals surface area contributed by atoms with Crippen LogP contribution in [0.2, 0.25) is 0 Å². The third-order valence-electron chi connectivity index (χ3n) is 2.05. The molecule has 0 bridgehead atoms.